The van der Waals surface area contributed by atoms with E-state index in [1.165, 1.54) is 0 Å². The first-order valence-electron chi connectivity index (χ1n) is 6.28. The summed E-state index contributed by atoms with van der Waals surface area (Å²) in [5.41, 5.74) is 1.38. The van der Waals surface area contributed by atoms with Crippen molar-refractivity contribution in [3.8, 4) is 0 Å². The first-order chi connectivity index (χ1) is 9.13. The van der Waals surface area contributed by atoms with Gasteiger partial charge in [-0.15, -0.1) is 0 Å². The minimum atomic E-state index is -0.136. The molecule has 0 spiro atoms. The summed E-state index contributed by atoms with van der Waals surface area (Å²) < 4.78 is 0. The van der Waals surface area contributed by atoms with Crippen LogP contribution >= 0.6 is 0 Å². The maximum atomic E-state index is 11.6. The van der Waals surface area contributed by atoms with Crippen molar-refractivity contribution in [3.63, 3.8) is 0 Å². The predicted octanol–water partition coefficient (Wildman–Crippen LogP) is 1.88. The fourth-order valence-electron chi connectivity index (χ4n) is 1.49. The first kappa shape index (κ1) is 14.9. The number of aromatic nitrogens is 1. The average Bonchev–Trinajstić information content (AvgIpc) is 2.40. The quantitative estimate of drug-likeness (QED) is 0.768. The van der Waals surface area contributed by atoms with Crippen LogP contribution in [0.1, 0.15) is 26.7 Å². The molecule has 0 atom stereocenters. The molecule has 0 aliphatic carbocycles. The summed E-state index contributed by atoms with van der Waals surface area (Å²) in [5, 5.41) is 5.43. The number of amides is 2. The Morgan fingerprint density at radius 1 is 1.32 bits per heavy atom. The van der Waals surface area contributed by atoms with Gasteiger partial charge < -0.3 is 10.6 Å². The highest BCUT2D eigenvalue weighted by Gasteiger charge is 2.05. The second-order valence-electron chi connectivity index (χ2n) is 4.09. The maximum absolute atomic E-state index is 11.6. The molecule has 5 heteroatoms. The predicted molar refractivity (Wildman–Crippen MR) is 74.5 cm³/mol. The monoisotopic (exact) mass is 261 g/mol. The topological polar surface area (TPSA) is 71.1 Å². The van der Waals surface area contributed by atoms with Crippen molar-refractivity contribution in [1.82, 2.24) is 10.3 Å². The largest absolute Gasteiger partial charge is 0.352 e. The zero-order valence-corrected chi connectivity index (χ0v) is 11.3. The van der Waals surface area contributed by atoms with E-state index < -0.39 is 0 Å². The van der Waals surface area contributed by atoms with E-state index in [-0.39, 0.29) is 18.2 Å². The van der Waals surface area contributed by atoms with Crippen molar-refractivity contribution in [1.29, 1.82) is 0 Å². The molecule has 0 aliphatic rings. The van der Waals surface area contributed by atoms with E-state index in [0.717, 1.165) is 6.42 Å². The third-order valence-electron chi connectivity index (χ3n) is 2.47. The molecule has 0 bridgehead atoms. The van der Waals surface area contributed by atoms with Crippen molar-refractivity contribution in [2.45, 2.75) is 26.7 Å². The van der Waals surface area contributed by atoms with Crippen LogP contribution in [0.15, 0.2) is 36.2 Å². The van der Waals surface area contributed by atoms with Crippen LogP contribution in [-0.4, -0.2) is 23.3 Å². The molecule has 0 saturated carbocycles. The molecule has 1 aromatic heterocycles. The van der Waals surface area contributed by atoms with Gasteiger partial charge in [0.15, 0.2) is 0 Å². The molecule has 0 aliphatic heterocycles. The number of carbonyl (C=O) groups excluding carboxylic acids is 2. The molecule has 102 valence electrons. The Morgan fingerprint density at radius 2 is 2.00 bits per heavy atom. The lowest BCUT2D eigenvalue weighted by Gasteiger charge is -2.06. The van der Waals surface area contributed by atoms with Gasteiger partial charge in [-0.05, 0) is 25.5 Å². The highest BCUT2D eigenvalue weighted by Crippen LogP contribution is 2.03. The van der Waals surface area contributed by atoms with Crippen LogP contribution in [0.4, 0.5) is 5.69 Å². The maximum Gasteiger partial charge on any atom is 0.246 e. The molecule has 1 heterocycles. The highest BCUT2D eigenvalue weighted by atomic mass is 16.2. The molecule has 0 aromatic carbocycles. The average molecular weight is 261 g/mol. The molecule has 2 N–H and O–H groups in total. The summed E-state index contributed by atoms with van der Waals surface area (Å²) in [7, 11) is 0. The molecular weight excluding hydrogens is 242 g/mol. The highest BCUT2D eigenvalue weighted by molar-refractivity contribution is 5.94. The number of pyridine rings is 1. The van der Waals surface area contributed by atoms with Gasteiger partial charge in [-0.25, -0.2) is 0 Å². The van der Waals surface area contributed by atoms with Gasteiger partial charge in [-0.2, -0.15) is 0 Å². The summed E-state index contributed by atoms with van der Waals surface area (Å²) in [5.74, 6) is -0.262. The summed E-state index contributed by atoms with van der Waals surface area (Å²) >= 11 is 0. The van der Waals surface area contributed by atoms with Crippen LogP contribution in [0.2, 0.25) is 0 Å². The molecule has 2 amide bonds. The second-order valence-corrected chi connectivity index (χ2v) is 4.09. The molecule has 0 radical (unpaired) electrons. The van der Waals surface area contributed by atoms with Gasteiger partial charge in [0, 0.05) is 36.6 Å². The molecule has 0 unspecified atom stereocenters. The molecule has 5 nitrogen and oxygen atoms in total. The summed E-state index contributed by atoms with van der Waals surface area (Å²) in [6.45, 7) is 4.06. The van der Waals surface area contributed by atoms with Crippen LogP contribution in [0.5, 0.6) is 0 Å². The molecular formula is C14H19N3O2. The number of hydrogen-bond donors (Lipinski definition) is 2. The number of allylic oxidation sites excluding steroid dienone is 1. The van der Waals surface area contributed by atoms with Crippen molar-refractivity contribution in [2.75, 3.05) is 11.9 Å². The van der Waals surface area contributed by atoms with Crippen molar-refractivity contribution in [3.05, 3.63) is 36.2 Å². The van der Waals surface area contributed by atoms with Gasteiger partial charge >= 0.3 is 0 Å². The molecule has 1 aromatic rings. The van der Waals surface area contributed by atoms with E-state index in [0.29, 0.717) is 17.8 Å². The summed E-state index contributed by atoms with van der Waals surface area (Å²) in [6, 6.07) is 3.43. The molecule has 0 saturated heterocycles. The van der Waals surface area contributed by atoms with Gasteiger partial charge in [0.25, 0.3) is 0 Å². The van der Waals surface area contributed by atoms with E-state index >= 15 is 0 Å². The van der Waals surface area contributed by atoms with Crippen molar-refractivity contribution >= 4 is 17.5 Å². The van der Waals surface area contributed by atoms with Crippen molar-refractivity contribution < 1.29 is 9.59 Å². The smallest absolute Gasteiger partial charge is 0.246 e. The van der Waals surface area contributed by atoms with Crippen LogP contribution in [-0.2, 0) is 9.59 Å². The number of hydrogen-bond acceptors (Lipinski definition) is 3. The zero-order valence-electron chi connectivity index (χ0n) is 11.3. The van der Waals surface area contributed by atoms with E-state index in [2.05, 4.69) is 15.6 Å². The Bertz CT molecular complexity index is 455. The number of nitrogens with zero attached hydrogens (tertiary/aromatic N) is 1. The van der Waals surface area contributed by atoms with Gasteiger partial charge in [-0.1, -0.05) is 13.0 Å². The zero-order chi connectivity index (χ0) is 14.1. The van der Waals surface area contributed by atoms with Crippen LogP contribution < -0.4 is 10.6 Å². The standard InChI is InChI=1S/C14H19N3O2/c1-3-4-11(2)14(19)16-10-7-13(18)17-12-5-8-15-9-6-12/h4-6,8-9H,3,7,10H2,1-2H3,(H,16,19)(H,15,17,18)/b11-4+. The normalized spacial score (nSPS) is 10.9. The lowest BCUT2D eigenvalue weighted by molar-refractivity contribution is -0.118. The van der Waals surface area contributed by atoms with Gasteiger partial charge in [-0.3, -0.25) is 14.6 Å². The van der Waals surface area contributed by atoms with E-state index in [1.807, 2.05) is 13.0 Å². The van der Waals surface area contributed by atoms with E-state index in [1.54, 1.807) is 31.5 Å². The SMILES string of the molecule is CC/C=C(\C)C(=O)NCCC(=O)Nc1ccncc1. The van der Waals surface area contributed by atoms with Crippen LogP contribution in [0, 0.1) is 0 Å². The summed E-state index contributed by atoms with van der Waals surface area (Å²) in [4.78, 5) is 27.0. The van der Waals surface area contributed by atoms with E-state index in [9.17, 15) is 9.59 Å². The molecule has 1 rings (SSSR count). The number of anilines is 1. The fourth-order valence-corrected chi connectivity index (χ4v) is 1.49. The third-order valence-corrected chi connectivity index (χ3v) is 2.47. The number of rotatable bonds is 6. The van der Waals surface area contributed by atoms with Crippen LogP contribution in [0.3, 0.4) is 0 Å². The summed E-state index contributed by atoms with van der Waals surface area (Å²) in [6.07, 6.45) is 6.13. The van der Waals surface area contributed by atoms with E-state index in [4.69, 9.17) is 0 Å². The van der Waals surface area contributed by atoms with Gasteiger partial charge in [0.05, 0.1) is 0 Å². The number of carbonyl (C=O) groups is 2. The Kier molecular flexibility index (Phi) is 6.29. The van der Waals surface area contributed by atoms with Gasteiger partial charge in [0.2, 0.25) is 11.8 Å². The minimum Gasteiger partial charge on any atom is -0.352 e. The Labute approximate surface area is 113 Å². The Hall–Kier alpha value is -2.17. The number of nitrogens with one attached hydrogen (secondary N) is 2. The van der Waals surface area contributed by atoms with Gasteiger partial charge in [0.1, 0.15) is 0 Å². The first-order valence-corrected chi connectivity index (χ1v) is 6.28. The lowest BCUT2D eigenvalue weighted by atomic mass is 10.2. The lowest BCUT2D eigenvalue weighted by Crippen LogP contribution is -2.28. The van der Waals surface area contributed by atoms with Crippen molar-refractivity contribution in [2.24, 2.45) is 0 Å². The fraction of sp³-hybridized carbons (Fsp3) is 0.357. The molecule has 19 heavy (non-hydrogen) atoms. The Morgan fingerprint density at radius 3 is 2.63 bits per heavy atom. The Balaban J connectivity index is 2.28. The second kappa shape index (κ2) is 8.02. The molecule has 0 fully saturated rings. The third kappa shape index (κ3) is 5.81. The van der Waals surface area contributed by atoms with Crippen LogP contribution in [0.25, 0.3) is 0 Å². The minimum absolute atomic E-state index is 0.126.